The number of hydrogen-bond donors (Lipinski definition) is 2. The van der Waals surface area contributed by atoms with Crippen molar-refractivity contribution in [3.63, 3.8) is 0 Å². The monoisotopic (exact) mass is 345 g/mol. The highest BCUT2D eigenvalue weighted by Crippen LogP contribution is 2.48. The van der Waals surface area contributed by atoms with Gasteiger partial charge in [0.1, 0.15) is 0 Å². The lowest BCUT2D eigenvalue weighted by Crippen LogP contribution is -2.60. The summed E-state index contributed by atoms with van der Waals surface area (Å²) in [6, 6.07) is 7.02. The van der Waals surface area contributed by atoms with Crippen LogP contribution in [0.3, 0.4) is 0 Å². The van der Waals surface area contributed by atoms with Crippen molar-refractivity contribution in [1.82, 2.24) is 5.32 Å². The molecule has 1 saturated carbocycles. The number of carbonyl (C=O) groups is 2. The summed E-state index contributed by atoms with van der Waals surface area (Å²) in [7, 11) is 0. The van der Waals surface area contributed by atoms with Crippen LogP contribution in [0, 0.1) is 11.8 Å². The second kappa shape index (κ2) is 6.79. The van der Waals surface area contributed by atoms with Crippen molar-refractivity contribution < 1.29 is 19.4 Å². The number of nitrogens with one attached hydrogen (secondary N) is 1. The molecular weight excluding hydrogens is 318 g/mol. The van der Waals surface area contributed by atoms with E-state index in [2.05, 4.69) is 19.2 Å². The van der Waals surface area contributed by atoms with Gasteiger partial charge < -0.3 is 15.2 Å². The number of carbonyl (C=O) groups excluding carboxylic acids is 1. The van der Waals surface area contributed by atoms with Crippen molar-refractivity contribution in [2.24, 2.45) is 11.8 Å². The number of benzene rings is 1. The summed E-state index contributed by atoms with van der Waals surface area (Å²) in [5.41, 5.74) is 0.591. The Labute approximate surface area is 148 Å². The first-order valence-corrected chi connectivity index (χ1v) is 9.06. The zero-order chi connectivity index (χ0) is 18.2. The number of rotatable bonds is 3. The predicted molar refractivity (Wildman–Crippen MR) is 94.4 cm³/mol. The molecule has 1 amide bonds. The molecule has 0 aromatic heterocycles. The van der Waals surface area contributed by atoms with Gasteiger partial charge in [0.25, 0.3) is 0 Å². The van der Waals surface area contributed by atoms with Crippen LogP contribution in [0.2, 0.25) is 0 Å². The maximum atomic E-state index is 11.8. The van der Waals surface area contributed by atoms with E-state index in [1.165, 1.54) is 0 Å². The highest BCUT2D eigenvalue weighted by Gasteiger charge is 2.49. The van der Waals surface area contributed by atoms with Gasteiger partial charge in [-0.05, 0) is 37.3 Å². The number of carboxylic acids is 1. The van der Waals surface area contributed by atoms with Gasteiger partial charge in [-0.2, -0.15) is 0 Å². The van der Waals surface area contributed by atoms with Crippen molar-refractivity contribution in [2.45, 2.75) is 64.2 Å². The summed E-state index contributed by atoms with van der Waals surface area (Å²) in [6.07, 6.45) is 3.42. The van der Waals surface area contributed by atoms with Gasteiger partial charge >= 0.3 is 5.97 Å². The van der Waals surface area contributed by atoms with Gasteiger partial charge in [-0.3, -0.25) is 4.79 Å². The fourth-order valence-electron chi connectivity index (χ4n) is 4.71. The molecule has 2 aliphatic rings. The zero-order valence-corrected chi connectivity index (χ0v) is 15.1. The lowest BCUT2D eigenvalue weighted by molar-refractivity contribution is -0.153. The molecule has 5 nitrogen and oxygen atoms in total. The first-order valence-electron chi connectivity index (χ1n) is 9.06. The van der Waals surface area contributed by atoms with E-state index in [-0.39, 0.29) is 35.1 Å². The number of carboxylic acid groups (broad SMARTS) is 1. The minimum Gasteiger partial charge on any atom is -0.478 e. The molecule has 1 heterocycles. The third-order valence-corrected chi connectivity index (χ3v) is 5.82. The molecule has 5 atom stereocenters. The van der Waals surface area contributed by atoms with Gasteiger partial charge in [0.05, 0.1) is 17.8 Å². The highest BCUT2D eigenvalue weighted by atomic mass is 16.5. The maximum Gasteiger partial charge on any atom is 0.336 e. The van der Waals surface area contributed by atoms with E-state index in [0.29, 0.717) is 17.9 Å². The second-order valence-corrected chi connectivity index (χ2v) is 7.88. The molecule has 1 aromatic carbocycles. The average molecular weight is 345 g/mol. The number of ether oxygens (including phenoxy) is 1. The molecule has 1 aromatic rings. The quantitative estimate of drug-likeness (QED) is 0.878. The molecule has 2 fully saturated rings. The van der Waals surface area contributed by atoms with Crippen molar-refractivity contribution in [1.29, 1.82) is 0 Å². The van der Waals surface area contributed by atoms with Crippen molar-refractivity contribution >= 4 is 11.9 Å². The van der Waals surface area contributed by atoms with E-state index in [4.69, 9.17) is 4.74 Å². The summed E-state index contributed by atoms with van der Waals surface area (Å²) in [5, 5.41) is 12.7. The minimum atomic E-state index is -0.945. The van der Waals surface area contributed by atoms with Crippen molar-refractivity contribution in [3.05, 3.63) is 35.4 Å². The molecule has 0 bridgehead atoms. The Morgan fingerprint density at radius 1 is 1.28 bits per heavy atom. The van der Waals surface area contributed by atoms with Crippen LogP contribution in [-0.4, -0.2) is 28.6 Å². The molecule has 1 saturated heterocycles. The Kier molecular flexibility index (Phi) is 4.87. The summed E-state index contributed by atoms with van der Waals surface area (Å²) < 4.78 is 6.40. The van der Waals surface area contributed by atoms with E-state index in [0.717, 1.165) is 19.3 Å². The minimum absolute atomic E-state index is 0.0428. The third kappa shape index (κ3) is 3.56. The zero-order valence-electron chi connectivity index (χ0n) is 15.1. The molecular formula is C20H27NO4. The third-order valence-electron chi connectivity index (χ3n) is 5.82. The fourth-order valence-corrected chi connectivity index (χ4v) is 4.71. The molecule has 0 spiro atoms. The molecule has 2 N–H and O–H groups in total. The van der Waals surface area contributed by atoms with Crippen LogP contribution in [0.25, 0.3) is 0 Å². The first-order chi connectivity index (χ1) is 11.8. The predicted octanol–water partition coefficient (Wildman–Crippen LogP) is 3.55. The highest BCUT2D eigenvalue weighted by molar-refractivity contribution is 5.89. The normalized spacial score (nSPS) is 34.8. The van der Waals surface area contributed by atoms with E-state index in [9.17, 15) is 14.7 Å². The van der Waals surface area contributed by atoms with Gasteiger partial charge in [-0.15, -0.1) is 0 Å². The van der Waals surface area contributed by atoms with Crippen LogP contribution in [0.15, 0.2) is 24.3 Å². The van der Waals surface area contributed by atoms with Gasteiger partial charge in [0.15, 0.2) is 0 Å². The van der Waals surface area contributed by atoms with E-state index >= 15 is 0 Å². The smallest absolute Gasteiger partial charge is 0.336 e. The van der Waals surface area contributed by atoms with Crippen LogP contribution in [-0.2, 0) is 9.53 Å². The summed E-state index contributed by atoms with van der Waals surface area (Å²) >= 11 is 0. The Morgan fingerprint density at radius 3 is 2.68 bits per heavy atom. The Morgan fingerprint density at radius 2 is 2.00 bits per heavy atom. The summed E-state index contributed by atoms with van der Waals surface area (Å²) in [6.45, 7) is 5.85. The molecule has 25 heavy (non-hydrogen) atoms. The fraction of sp³-hybridized carbons (Fsp3) is 0.600. The van der Waals surface area contributed by atoms with Crippen LogP contribution in [0.1, 0.15) is 68.5 Å². The lowest BCUT2D eigenvalue weighted by atomic mass is 9.66. The van der Waals surface area contributed by atoms with E-state index in [1.807, 2.05) is 12.1 Å². The molecule has 136 valence electrons. The van der Waals surface area contributed by atoms with Crippen molar-refractivity contribution in [2.75, 3.05) is 0 Å². The molecule has 5 heteroatoms. The first kappa shape index (κ1) is 17.9. The Bertz CT molecular complexity index is 673. The van der Waals surface area contributed by atoms with Crippen LogP contribution in [0.5, 0.6) is 0 Å². The number of aromatic carboxylic acids is 1. The van der Waals surface area contributed by atoms with E-state index in [1.54, 1.807) is 19.1 Å². The summed E-state index contributed by atoms with van der Waals surface area (Å²) in [4.78, 5) is 23.4. The molecule has 3 rings (SSSR count). The maximum absolute atomic E-state index is 11.8. The largest absolute Gasteiger partial charge is 0.478 e. The van der Waals surface area contributed by atoms with Gasteiger partial charge in [-0.1, -0.05) is 31.5 Å². The second-order valence-electron chi connectivity index (χ2n) is 7.88. The Balaban J connectivity index is 1.97. The van der Waals surface area contributed by atoms with Crippen molar-refractivity contribution in [3.8, 4) is 0 Å². The molecule has 0 unspecified atom stereocenters. The van der Waals surface area contributed by atoms with Crippen LogP contribution < -0.4 is 5.32 Å². The lowest BCUT2D eigenvalue weighted by Gasteiger charge is -2.52. The number of fused-ring (bicyclic) bond motifs is 1. The molecule has 1 aliphatic heterocycles. The average Bonchev–Trinajstić information content (AvgIpc) is 2.53. The standard InChI is InChI=1S/C20H27NO4/c1-12-8-9-16-17(10-12)25-18(11-20(16,3)21-13(2)22)14-6-4-5-7-15(14)19(23)24/h4-7,12,16-18H,8-11H2,1-3H3,(H,21,22)(H,23,24)/t12-,16-,17-,18-,20-/m1/s1. The molecule has 0 radical (unpaired) electrons. The Hall–Kier alpha value is -1.88. The van der Waals surface area contributed by atoms with Gasteiger partial charge in [0, 0.05) is 24.8 Å². The van der Waals surface area contributed by atoms with E-state index < -0.39 is 5.97 Å². The van der Waals surface area contributed by atoms with Crippen LogP contribution >= 0.6 is 0 Å². The topological polar surface area (TPSA) is 75.6 Å². The SMILES string of the molecule is CC(=O)N[C@]1(C)C[C@H](c2ccccc2C(=O)O)O[C@@H]2C[C@H](C)CC[C@H]21. The van der Waals surface area contributed by atoms with Gasteiger partial charge in [-0.25, -0.2) is 4.79 Å². The molecule has 1 aliphatic carbocycles. The van der Waals surface area contributed by atoms with Gasteiger partial charge in [0.2, 0.25) is 5.91 Å². The summed E-state index contributed by atoms with van der Waals surface area (Å²) in [5.74, 6) is -0.149. The number of amides is 1. The van der Waals surface area contributed by atoms with Crippen LogP contribution in [0.4, 0.5) is 0 Å². The number of hydrogen-bond acceptors (Lipinski definition) is 3.